The second-order valence-electron chi connectivity index (χ2n) is 4.24. The van der Waals surface area contributed by atoms with Crippen molar-refractivity contribution in [1.29, 1.82) is 0 Å². The van der Waals surface area contributed by atoms with Crippen LogP contribution in [0.1, 0.15) is 27.6 Å². The number of nitrogens with one attached hydrogen (secondary N) is 1. The quantitative estimate of drug-likeness (QED) is 0.754. The van der Waals surface area contributed by atoms with Gasteiger partial charge in [0.2, 0.25) is 0 Å². The van der Waals surface area contributed by atoms with Crippen LogP contribution in [-0.2, 0) is 16.1 Å². The molecule has 0 unspecified atom stereocenters. The molecule has 0 aliphatic carbocycles. The number of methoxy groups -OCH3 is 1. The zero-order chi connectivity index (χ0) is 15.4. The largest absolute Gasteiger partial charge is 0.468 e. The predicted octanol–water partition coefficient (Wildman–Crippen LogP) is -0.302. The number of hydrogen-bond donors (Lipinski definition) is 1. The van der Waals surface area contributed by atoms with Gasteiger partial charge in [-0.3, -0.25) is 9.59 Å². The van der Waals surface area contributed by atoms with E-state index in [1.54, 1.807) is 11.6 Å². The summed E-state index contributed by atoms with van der Waals surface area (Å²) in [6, 6.07) is 0. The summed E-state index contributed by atoms with van der Waals surface area (Å²) in [5.74, 6) is -1.00. The first kappa shape index (κ1) is 15.0. The van der Waals surface area contributed by atoms with Crippen molar-refractivity contribution < 1.29 is 14.3 Å². The molecular formula is C11H14N6O3S. The second-order valence-corrected chi connectivity index (χ2v) is 4.76. The number of nitrogens with zero attached hydrogens (tertiary/aromatic N) is 5. The molecule has 112 valence electrons. The number of hydrogen-bond acceptors (Lipinski definition) is 8. The van der Waals surface area contributed by atoms with Gasteiger partial charge in [0.15, 0.2) is 5.69 Å². The summed E-state index contributed by atoms with van der Waals surface area (Å²) in [7, 11) is 1.25. The van der Waals surface area contributed by atoms with E-state index in [-0.39, 0.29) is 12.2 Å². The molecule has 9 nitrogen and oxygen atoms in total. The molecule has 0 spiro atoms. The van der Waals surface area contributed by atoms with E-state index < -0.39 is 11.9 Å². The fourth-order valence-electron chi connectivity index (χ4n) is 1.56. The fourth-order valence-corrected chi connectivity index (χ4v) is 2.12. The van der Waals surface area contributed by atoms with Gasteiger partial charge in [0.1, 0.15) is 6.54 Å². The third-order valence-corrected chi connectivity index (χ3v) is 3.52. The lowest BCUT2D eigenvalue weighted by atomic mass is 10.3. The highest BCUT2D eigenvalue weighted by Gasteiger charge is 2.18. The number of esters is 1. The maximum atomic E-state index is 11.9. The van der Waals surface area contributed by atoms with Gasteiger partial charge in [-0.05, 0) is 13.8 Å². The van der Waals surface area contributed by atoms with E-state index >= 15 is 0 Å². The Bertz CT molecular complexity index is 665. The predicted molar refractivity (Wildman–Crippen MR) is 72.9 cm³/mol. The minimum absolute atomic E-state index is 0.166. The molecule has 0 radical (unpaired) electrons. The first-order valence-electron chi connectivity index (χ1n) is 6.06. The molecule has 0 fully saturated rings. The van der Waals surface area contributed by atoms with Crippen molar-refractivity contribution in [2.45, 2.75) is 20.4 Å². The Kier molecular flexibility index (Phi) is 4.58. The lowest BCUT2D eigenvalue weighted by molar-refractivity contribution is -0.139. The van der Waals surface area contributed by atoms with Crippen molar-refractivity contribution in [2.24, 2.45) is 0 Å². The maximum absolute atomic E-state index is 11.9. The number of aromatic nitrogens is 5. The summed E-state index contributed by atoms with van der Waals surface area (Å²) < 4.78 is 14.3. The van der Waals surface area contributed by atoms with Crippen molar-refractivity contribution >= 4 is 23.6 Å². The van der Waals surface area contributed by atoms with Crippen LogP contribution in [0.2, 0.25) is 0 Å². The van der Waals surface area contributed by atoms with Crippen LogP contribution in [0.25, 0.3) is 0 Å². The van der Waals surface area contributed by atoms with E-state index in [0.29, 0.717) is 12.2 Å². The smallest absolute Gasteiger partial charge is 0.325 e. The number of carbonyl (C=O) groups is 2. The molecule has 2 aromatic rings. The Hall–Kier alpha value is -2.36. The van der Waals surface area contributed by atoms with E-state index in [1.807, 2.05) is 6.92 Å². The van der Waals surface area contributed by atoms with Gasteiger partial charge in [-0.2, -0.15) is 8.75 Å². The normalized spacial score (nSPS) is 10.4. The van der Waals surface area contributed by atoms with Crippen LogP contribution < -0.4 is 5.32 Å². The molecule has 0 saturated carbocycles. The first-order chi connectivity index (χ1) is 10.0. The standard InChI is InChI=1S/C11H14N6O3S/c1-6-8(15-21-14-6)5-17-7(2)10(13-16-17)11(19)12-4-9(18)20-3/h4-5H2,1-3H3,(H,12,19). The Morgan fingerprint density at radius 1 is 1.33 bits per heavy atom. The van der Waals surface area contributed by atoms with Gasteiger partial charge < -0.3 is 10.1 Å². The lowest BCUT2D eigenvalue weighted by Crippen LogP contribution is -2.30. The Labute approximate surface area is 124 Å². The molecule has 2 heterocycles. The van der Waals surface area contributed by atoms with E-state index in [2.05, 4.69) is 29.1 Å². The van der Waals surface area contributed by atoms with E-state index in [4.69, 9.17) is 0 Å². The molecule has 21 heavy (non-hydrogen) atoms. The van der Waals surface area contributed by atoms with Crippen LogP contribution in [-0.4, -0.2) is 49.3 Å². The van der Waals surface area contributed by atoms with Crippen molar-refractivity contribution in [3.63, 3.8) is 0 Å². The summed E-state index contributed by atoms with van der Waals surface area (Å²) >= 11 is 1.13. The molecular weight excluding hydrogens is 296 g/mol. The van der Waals surface area contributed by atoms with Gasteiger partial charge in [0.05, 0.1) is 42.5 Å². The van der Waals surface area contributed by atoms with Crippen LogP contribution in [0.3, 0.4) is 0 Å². The van der Waals surface area contributed by atoms with Crippen LogP contribution in [0.4, 0.5) is 0 Å². The molecule has 2 aromatic heterocycles. The molecule has 2 rings (SSSR count). The molecule has 0 atom stereocenters. The van der Waals surface area contributed by atoms with E-state index in [1.165, 1.54) is 7.11 Å². The average molecular weight is 310 g/mol. The minimum atomic E-state index is -0.530. The summed E-state index contributed by atoms with van der Waals surface area (Å²) in [4.78, 5) is 22.9. The van der Waals surface area contributed by atoms with Gasteiger partial charge >= 0.3 is 5.97 Å². The van der Waals surface area contributed by atoms with E-state index in [0.717, 1.165) is 23.1 Å². The van der Waals surface area contributed by atoms with Crippen LogP contribution in [0.5, 0.6) is 0 Å². The van der Waals surface area contributed by atoms with Crippen molar-refractivity contribution in [2.75, 3.05) is 13.7 Å². The van der Waals surface area contributed by atoms with Gasteiger partial charge in [-0.1, -0.05) is 5.21 Å². The molecule has 1 amide bonds. The molecule has 1 N–H and O–H groups in total. The average Bonchev–Trinajstić information content (AvgIpc) is 3.04. The molecule has 0 bridgehead atoms. The SMILES string of the molecule is COC(=O)CNC(=O)c1nnn(Cc2nsnc2C)c1C. The van der Waals surface area contributed by atoms with Crippen LogP contribution >= 0.6 is 11.7 Å². The zero-order valence-electron chi connectivity index (χ0n) is 11.8. The molecule has 0 aromatic carbocycles. The third-order valence-electron chi connectivity index (χ3n) is 2.86. The summed E-state index contributed by atoms with van der Waals surface area (Å²) in [6.07, 6.45) is 0. The van der Waals surface area contributed by atoms with E-state index in [9.17, 15) is 9.59 Å². The fraction of sp³-hybridized carbons (Fsp3) is 0.455. The topological polar surface area (TPSA) is 112 Å². The number of rotatable bonds is 5. The van der Waals surface area contributed by atoms with Crippen molar-refractivity contribution in [1.82, 2.24) is 29.1 Å². The monoisotopic (exact) mass is 310 g/mol. The van der Waals surface area contributed by atoms with Gasteiger partial charge in [-0.25, -0.2) is 4.68 Å². The van der Waals surface area contributed by atoms with Crippen LogP contribution in [0.15, 0.2) is 0 Å². The number of amides is 1. The third kappa shape index (κ3) is 3.40. The van der Waals surface area contributed by atoms with Gasteiger partial charge in [0.25, 0.3) is 5.91 Å². The van der Waals surface area contributed by atoms with Crippen molar-refractivity contribution in [3.8, 4) is 0 Å². The summed E-state index contributed by atoms with van der Waals surface area (Å²) in [5.41, 5.74) is 2.37. The second kappa shape index (κ2) is 6.39. The summed E-state index contributed by atoms with van der Waals surface area (Å²) in [5, 5.41) is 10.2. The minimum Gasteiger partial charge on any atom is -0.468 e. The molecule has 0 aliphatic heterocycles. The van der Waals surface area contributed by atoms with Crippen molar-refractivity contribution in [3.05, 3.63) is 22.8 Å². The highest BCUT2D eigenvalue weighted by atomic mass is 32.1. The Morgan fingerprint density at radius 3 is 2.71 bits per heavy atom. The molecule has 10 heteroatoms. The molecule has 0 saturated heterocycles. The number of ether oxygens (including phenoxy) is 1. The Morgan fingerprint density at radius 2 is 2.10 bits per heavy atom. The Balaban J connectivity index is 2.08. The first-order valence-corrected chi connectivity index (χ1v) is 6.79. The molecule has 0 aliphatic rings. The highest BCUT2D eigenvalue weighted by Crippen LogP contribution is 2.09. The zero-order valence-corrected chi connectivity index (χ0v) is 12.6. The van der Waals surface area contributed by atoms with Crippen LogP contribution in [0, 0.1) is 13.8 Å². The van der Waals surface area contributed by atoms with Gasteiger partial charge in [0, 0.05) is 0 Å². The lowest BCUT2D eigenvalue weighted by Gasteiger charge is -2.03. The summed E-state index contributed by atoms with van der Waals surface area (Å²) in [6.45, 7) is 3.76. The number of aryl methyl sites for hydroxylation is 1. The highest BCUT2D eigenvalue weighted by molar-refractivity contribution is 6.99. The maximum Gasteiger partial charge on any atom is 0.325 e. The van der Waals surface area contributed by atoms with Gasteiger partial charge in [-0.15, -0.1) is 5.10 Å². The number of carbonyl (C=O) groups excluding carboxylic acids is 2.